The van der Waals surface area contributed by atoms with Crippen LogP contribution in [0.5, 0.6) is 0 Å². The quantitative estimate of drug-likeness (QED) is 0.880. The highest BCUT2D eigenvalue weighted by Crippen LogP contribution is 2.22. The molecule has 2 fully saturated rings. The van der Waals surface area contributed by atoms with E-state index in [1.165, 1.54) is 10.9 Å². The van der Waals surface area contributed by atoms with Gasteiger partial charge >= 0.3 is 0 Å². The van der Waals surface area contributed by atoms with Crippen LogP contribution < -0.4 is 0 Å². The Morgan fingerprint density at radius 1 is 1.11 bits per heavy atom. The zero-order valence-corrected chi connectivity index (χ0v) is 17.1. The average molecular weight is 385 g/mol. The van der Waals surface area contributed by atoms with Crippen LogP contribution in [-0.4, -0.2) is 84.1 Å². The standard InChI is InChI=1S/C22H32N4O2/c1-17(2)25-6-3-7-26(9-8-25)22(27)18-4-5-20-19(15-23-21(20)14-18)16-24-10-12-28-13-11-24/h4-5,14-15,17,23H,3,6-13,16H2,1-2H3. The predicted octanol–water partition coefficient (Wildman–Crippen LogP) is 2.56. The van der Waals surface area contributed by atoms with Crippen molar-refractivity contribution in [3.05, 3.63) is 35.5 Å². The zero-order chi connectivity index (χ0) is 19.5. The summed E-state index contributed by atoms with van der Waals surface area (Å²) in [5.41, 5.74) is 3.12. The molecule has 152 valence electrons. The fourth-order valence-corrected chi connectivity index (χ4v) is 4.29. The molecular formula is C22H32N4O2. The van der Waals surface area contributed by atoms with Gasteiger partial charge in [0.1, 0.15) is 0 Å². The van der Waals surface area contributed by atoms with Crippen molar-refractivity contribution in [1.82, 2.24) is 19.7 Å². The van der Waals surface area contributed by atoms with E-state index in [4.69, 9.17) is 4.74 Å². The third-order valence-corrected chi connectivity index (χ3v) is 6.06. The van der Waals surface area contributed by atoms with E-state index in [2.05, 4.69) is 40.9 Å². The van der Waals surface area contributed by atoms with Crippen LogP contribution in [0.1, 0.15) is 36.2 Å². The van der Waals surface area contributed by atoms with E-state index in [-0.39, 0.29) is 5.91 Å². The lowest BCUT2D eigenvalue weighted by Gasteiger charge is -2.26. The third kappa shape index (κ3) is 4.24. The molecule has 0 bridgehead atoms. The molecule has 3 heterocycles. The third-order valence-electron chi connectivity index (χ3n) is 6.06. The number of hydrogen-bond donors (Lipinski definition) is 1. The molecule has 2 aliphatic heterocycles. The van der Waals surface area contributed by atoms with Gasteiger partial charge in [-0.1, -0.05) is 6.07 Å². The summed E-state index contributed by atoms with van der Waals surface area (Å²) in [5.74, 6) is 0.150. The molecule has 2 saturated heterocycles. The van der Waals surface area contributed by atoms with Gasteiger partial charge in [0.25, 0.3) is 5.91 Å². The molecule has 6 heteroatoms. The Bertz CT molecular complexity index is 810. The molecule has 1 aromatic heterocycles. The monoisotopic (exact) mass is 384 g/mol. The molecule has 1 N–H and O–H groups in total. The molecule has 1 amide bonds. The molecule has 0 radical (unpaired) electrons. The molecule has 0 atom stereocenters. The van der Waals surface area contributed by atoms with Crippen molar-refractivity contribution in [3.63, 3.8) is 0 Å². The maximum Gasteiger partial charge on any atom is 0.253 e. The van der Waals surface area contributed by atoms with Crippen molar-refractivity contribution >= 4 is 16.8 Å². The topological polar surface area (TPSA) is 51.8 Å². The van der Waals surface area contributed by atoms with Crippen molar-refractivity contribution in [3.8, 4) is 0 Å². The number of ether oxygens (including phenoxy) is 1. The first-order chi connectivity index (χ1) is 13.6. The molecule has 28 heavy (non-hydrogen) atoms. The van der Waals surface area contributed by atoms with Gasteiger partial charge in [-0.25, -0.2) is 0 Å². The second kappa shape index (κ2) is 8.64. The number of nitrogens with one attached hydrogen (secondary N) is 1. The van der Waals surface area contributed by atoms with E-state index in [1.807, 2.05) is 17.0 Å². The number of H-pyrrole nitrogens is 1. The summed E-state index contributed by atoms with van der Waals surface area (Å²) in [4.78, 5) is 23.3. The van der Waals surface area contributed by atoms with Crippen LogP contribution >= 0.6 is 0 Å². The van der Waals surface area contributed by atoms with Crippen molar-refractivity contribution in [2.75, 3.05) is 52.5 Å². The Labute approximate surface area is 167 Å². The van der Waals surface area contributed by atoms with Crippen LogP contribution in [0.2, 0.25) is 0 Å². The van der Waals surface area contributed by atoms with Crippen molar-refractivity contribution < 1.29 is 9.53 Å². The van der Waals surface area contributed by atoms with Crippen LogP contribution in [-0.2, 0) is 11.3 Å². The lowest BCUT2D eigenvalue weighted by atomic mass is 10.1. The van der Waals surface area contributed by atoms with Crippen LogP contribution in [0.15, 0.2) is 24.4 Å². The zero-order valence-electron chi connectivity index (χ0n) is 17.1. The first-order valence-corrected chi connectivity index (χ1v) is 10.6. The van der Waals surface area contributed by atoms with Gasteiger partial charge in [0, 0.05) is 74.5 Å². The van der Waals surface area contributed by atoms with Gasteiger partial charge < -0.3 is 14.6 Å². The van der Waals surface area contributed by atoms with E-state index in [9.17, 15) is 4.79 Å². The van der Waals surface area contributed by atoms with Gasteiger partial charge in [-0.15, -0.1) is 0 Å². The summed E-state index contributed by atoms with van der Waals surface area (Å²) in [7, 11) is 0. The Hall–Kier alpha value is -1.89. The van der Waals surface area contributed by atoms with Crippen molar-refractivity contribution in [2.24, 2.45) is 0 Å². The van der Waals surface area contributed by atoms with Crippen LogP contribution in [0.4, 0.5) is 0 Å². The molecule has 2 aromatic rings. The number of morpholine rings is 1. The van der Waals surface area contributed by atoms with Gasteiger partial charge in [-0.3, -0.25) is 14.6 Å². The average Bonchev–Trinajstić information content (AvgIpc) is 2.94. The molecule has 0 unspecified atom stereocenters. The van der Waals surface area contributed by atoms with E-state index in [1.54, 1.807) is 0 Å². The van der Waals surface area contributed by atoms with E-state index < -0.39 is 0 Å². The van der Waals surface area contributed by atoms with Crippen molar-refractivity contribution in [1.29, 1.82) is 0 Å². The number of amides is 1. The fraction of sp³-hybridized carbons (Fsp3) is 0.591. The fourth-order valence-electron chi connectivity index (χ4n) is 4.29. The minimum Gasteiger partial charge on any atom is -0.379 e. The summed E-state index contributed by atoms with van der Waals surface area (Å²) in [6, 6.07) is 6.65. The Kier molecular flexibility index (Phi) is 5.99. The van der Waals surface area contributed by atoms with Crippen LogP contribution in [0, 0.1) is 0 Å². The smallest absolute Gasteiger partial charge is 0.253 e. The summed E-state index contributed by atoms with van der Waals surface area (Å²) in [6.45, 7) is 12.6. The number of aromatic nitrogens is 1. The maximum atomic E-state index is 13.1. The number of aromatic amines is 1. The Morgan fingerprint density at radius 2 is 1.93 bits per heavy atom. The van der Waals surface area contributed by atoms with Gasteiger partial charge in [0.15, 0.2) is 0 Å². The molecule has 4 rings (SSSR count). The molecule has 0 aliphatic carbocycles. The highest BCUT2D eigenvalue weighted by molar-refractivity contribution is 5.98. The number of nitrogens with zero attached hydrogens (tertiary/aromatic N) is 3. The van der Waals surface area contributed by atoms with E-state index in [0.717, 1.165) is 76.5 Å². The Morgan fingerprint density at radius 3 is 2.71 bits per heavy atom. The molecule has 2 aliphatic rings. The largest absolute Gasteiger partial charge is 0.379 e. The summed E-state index contributed by atoms with van der Waals surface area (Å²) < 4.78 is 5.44. The highest BCUT2D eigenvalue weighted by Gasteiger charge is 2.22. The molecule has 0 spiro atoms. The minimum atomic E-state index is 0.150. The number of hydrogen-bond acceptors (Lipinski definition) is 4. The van der Waals surface area contributed by atoms with Gasteiger partial charge in [-0.2, -0.15) is 0 Å². The Balaban J connectivity index is 1.46. The number of rotatable bonds is 4. The lowest BCUT2D eigenvalue weighted by Crippen LogP contribution is -2.37. The minimum absolute atomic E-state index is 0.150. The predicted molar refractivity (Wildman–Crippen MR) is 112 cm³/mol. The van der Waals surface area contributed by atoms with Crippen LogP contribution in [0.25, 0.3) is 10.9 Å². The number of carbonyl (C=O) groups excluding carboxylic acids is 1. The molecule has 1 aromatic carbocycles. The summed E-state index contributed by atoms with van der Waals surface area (Å²) >= 11 is 0. The second-order valence-electron chi connectivity index (χ2n) is 8.24. The first-order valence-electron chi connectivity index (χ1n) is 10.6. The molecule has 0 saturated carbocycles. The van der Waals surface area contributed by atoms with Gasteiger partial charge in [0.2, 0.25) is 0 Å². The number of fused-ring (bicyclic) bond motifs is 1. The second-order valence-corrected chi connectivity index (χ2v) is 8.24. The summed E-state index contributed by atoms with van der Waals surface area (Å²) in [6.07, 6.45) is 3.12. The highest BCUT2D eigenvalue weighted by atomic mass is 16.5. The lowest BCUT2D eigenvalue weighted by molar-refractivity contribution is 0.0343. The van der Waals surface area contributed by atoms with Gasteiger partial charge in [0.05, 0.1) is 13.2 Å². The molecular weight excluding hydrogens is 352 g/mol. The van der Waals surface area contributed by atoms with Gasteiger partial charge in [-0.05, 0) is 38.0 Å². The molecule has 6 nitrogen and oxygen atoms in total. The first kappa shape index (κ1) is 19.4. The van der Waals surface area contributed by atoms with E-state index in [0.29, 0.717) is 6.04 Å². The maximum absolute atomic E-state index is 13.1. The number of benzene rings is 1. The SMILES string of the molecule is CC(C)N1CCCN(C(=O)c2ccc3c(CN4CCOCC4)c[nH]c3c2)CC1. The van der Waals surface area contributed by atoms with Crippen molar-refractivity contribution in [2.45, 2.75) is 32.9 Å². The normalized spacial score (nSPS) is 20.0. The van der Waals surface area contributed by atoms with E-state index >= 15 is 0 Å². The van der Waals surface area contributed by atoms with Crippen LogP contribution in [0.3, 0.4) is 0 Å². The summed E-state index contributed by atoms with van der Waals surface area (Å²) in [5, 5.41) is 1.21. The number of carbonyl (C=O) groups is 1.